The quantitative estimate of drug-likeness (QED) is 0.661. The number of rotatable bonds is 5. The van der Waals surface area contributed by atoms with Crippen LogP contribution in [0.15, 0.2) is 24.3 Å². The van der Waals surface area contributed by atoms with E-state index >= 15 is 0 Å². The van der Waals surface area contributed by atoms with E-state index in [9.17, 15) is 0 Å². The molecule has 0 bridgehead atoms. The van der Waals surface area contributed by atoms with E-state index in [0.29, 0.717) is 0 Å². The molecule has 1 heterocycles. The van der Waals surface area contributed by atoms with E-state index in [1.54, 1.807) is 0 Å². The van der Waals surface area contributed by atoms with Gasteiger partial charge in [-0.3, -0.25) is 0 Å². The summed E-state index contributed by atoms with van der Waals surface area (Å²) >= 11 is 0. The van der Waals surface area contributed by atoms with Crippen LogP contribution >= 0.6 is 0 Å². The van der Waals surface area contributed by atoms with E-state index in [2.05, 4.69) is 64.2 Å². The average Bonchev–Trinajstić information content (AvgIpc) is 2.60. The van der Waals surface area contributed by atoms with Crippen molar-refractivity contribution in [3.8, 4) is 0 Å². The molecule has 0 radical (unpaired) electrons. The Balaban J connectivity index is 2.01. The molecule has 20 heavy (non-hydrogen) atoms. The molecule has 0 spiro atoms. The van der Waals surface area contributed by atoms with Crippen LogP contribution < -0.4 is 10.8 Å². The zero-order valence-corrected chi connectivity index (χ0v) is 13.3. The predicted molar refractivity (Wildman–Crippen MR) is 84.2 cm³/mol. The molecule has 2 rings (SSSR count). The first-order chi connectivity index (χ1) is 9.36. The molecule has 3 nitrogen and oxygen atoms in total. The number of benzene rings is 1. The average molecular weight is 275 g/mol. The number of hydrogen-bond acceptors (Lipinski definition) is 3. The van der Waals surface area contributed by atoms with Crippen molar-refractivity contribution >= 4 is 12.6 Å². The fraction of sp³-hybridized carbons (Fsp3) is 0.625. The van der Waals surface area contributed by atoms with Crippen molar-refractivity contribution in [1.82, 2.24) is 5.32 Å². The third kappa shape index (κ3) is 3.25. The Morgan fingerprint density at radius 1 is 1.00 bits per heavy atom. The van der Waals surface area contributed by atoms with Gasteiger partial charge in [0.25, 0.3) is 0 Å². The van der Waals surface area contributed by atoms with Crippen molar-refractivity contribution in [3.05, 3.63) is 29.8 Å². The van der Waals surface area contributed by atoms with Crippen molar-refractivity contribution in [2.45, 2.75) is 58.8 Å². The Kier molecular flexibility index (Phi) is 4.57. The first-order valence-corrected chi connectivity index (χ1v) is 7.51. The van der Waals surface area contributed by atoms with Gasteiger partial charge >= 0.3 is 7.12 Å². The highest BCUT2D eigenvalue weighted by Crippen LogP contribution is 2.36. The van der Waals surface area contributed by atoms with E-state index in [4.69, 9.17) is 9.31 Å². The molecule has 0 amide bonds. The maximum atomic E-state index is 6.05. The van der Waals surface area contributed by atoms with Gasteiger partial charge in [-0.1, -0.05) is 31.2 Å². The molecule has 1 aromatic rings. The molecule has 1 N–H and O–H groups in total. The summed E-state index contributed by atoms with van der Waals surface area (Å²) in [6.45, 7) is 12.5. The third-order valence-corrected chi connectivity index (χ3v) is 4.26. The Hall–Kier alpha value is -0.835. The molecule has 0 unspecified atom stereocenters. The summed E-state index contributed by atoms with van der Waals surface area (Å²) in [6.07, 6.45) is 1.16. The van der Waals surface area contributed by atoms with Crippen molar-refractivity contribution < 1.29 is 9.31 Å². The van der Waals surface area contributed by atoms with Gasteiger partial charge in [0.2, 0.25) is 0 Å². The normalized spacial score (nSPS) is 20.4. The van der Waals surface area contributed by atoms with E-state index in [-0.39, 0.29) is 18.3 Å². The second-order valence-corrected chi connectivity index (χ2v) is 6.51. The molecule has 0 saturated carbocycles. The molecule has 1 aromatic carbocycles. The lowest BCUT2D eigenvalue weighted by Crippen LogP contribution is -2.41. The standard InChI is InChI=1S/C16H26BNO2/c1-6-11-18-12-13-7-9-14(10-8-13)17-19-15(2,3)16(4,5)20-17/h7-10,18H,6,11-12H2,1-5H3. The van der Waals surface area contributed by atoms with Crippen LogP contribution in [-0.4, -0.2) is 24.9 Å². The Morgan fingerprint density at radius 3 is 2.05 bits per heavy atom. The molecule has 1 aliphatic rings. The molecule has 110 valence electrons. The van der Waals surface area contributed by atoms with Gasteiger partial charge in [0.05, 0.1) is 11.2 Å². The van der Waals surface area contributed by atoms with Gasteiger partial charge in [-0.2, -0.15) is 0 Å². The summed E-state index contributed by atoms with van der Waals surface area (Å²) < 4.78 is 12.1. The summed E-state index contributed by atoms with van der Waals surface area (Å²) in [5.41, 5.74) is 1.82. The van der Waals surface area contributed by atoms with E-state index in [0.717, 1.165) is 25.0 Å². The Morgan fingerprint density at radius 2 is 1.55 bits per heavy atom. The molecule has 1 fully saturated rings. The number of hydrogen-bond donors (Lipinski definition) is 1. The lowest BCUT2D eigenvalue weighted by molar-refractivity contribution is 0.00578. The minimum atomic E-state index is -0.279. The van der Waals surface area contributed by atoms with Crippen molar-refractivity contribution in [2.75, 3.05) is 6.54 Å². The van der Waals surface area contributed by atoms with E-state index in [1.165, 1.54) is 5.56 Å². The minimum absolute atomic E-state index is 0.266. The summed E-state index contributed by atoms with van der Waals surface area (Å²) in [7, 11) is -0.266. The van der Waals surface area contributed by atoms with Crippen LogP contribution in [0, 0.1) is 0 Å². The fourth-order valence-electron chi connectivity index (χ4n) is 2.18. The predicted octanol–water partition coefficient (Wildman–Crippen LogP) is 2.49. The van der Waals surface area contributed by atoms with Gasteiger partial charge < -0.3 is 14.6 Å². The maximum Gasteiger partial charge on any atom is 0.494 e. The minimum Gasteiger partial charge on any atom is -0.399 e. The number of nitrogens with one attached hydrogen (secondary N) is 1. The van der Waals surface area contributed by atoms with Crippen LogP contribution in [0.5, 0.6) is 0 Å². The molecular weight excluding hydrogens is 249 g/mol. The van der Waals surface area contributed by atoms with Crippen molar-refractivity contribution in [1.29, 1.82) is 0 Å². The zero-order chi connectivity index (χ0) is 14.8. The maximum absolute atomic E-state index is 6.05. The highest BCUT2D eigenvalue weighted by Gasteiger charge is 2.51. The first-order valence-electron chi connectivity index (χ1n) is 7.51. The Bertz CT molecular complexity index is 426. The van der Waals surface area contributed by atoms with E-state index < -0.39 is 0 Å². The first kappa shape index (κ1) is 15.6. The van der Waals surface area contributed by atoms with Gasteiger partial charge in [0.15, 0.2) is 0 Å². The molecule has 0 aliphatic carbocycles. The molecular formula is C16H26BNO2. The van der Waals surface area contributed by atoms with Crippen LogP contribution in [0.3, 0.4) is 0 Å². The second-order valence-electron chi connectivity index (χ2n) is 6.51. The molecule has 1 saturated heterocycles. The molecule has 0 aromatic heterocycles. The van der Waals surface area contributed by atoms with Crippen LogP contribution in [0.1, 0.15) is 46.6 Å². The fourth-order valence-corrected chi connectivity index (χ4v) is 2.18. The summed E-state index contributed by atoms with van der Waals surface area (Å²) in [5, 5.41) is 3.40. The molecule has 0 atom stereocenters. The second kappa shape index (κ2) is 5.88. The summed E-state index contributed by atoms with van der Waals surface area (Å²) in [4.78, 5) is 0. The topological polar surface area (TPSA) is 30.5 Å². The third-order valence-electron chi connectivity index (χ3n) is 4.26. The van der Waals surface area contributed by atoms with Gasteiger partial charge in [0, 0.05) is 6.54 Å². The van der Waals surface area contributed by atoms with Crippen molar-refractivity contribution in [3.63, 3.8) is 0 Å². The van der Waals surface area contributed by atoms with E-state index in [1.807, 2.05) is 0 Å². The van der Waals surface area contributed by atoms with Crippen molar-refractivity contribution in [2.24, 2.45) is 0 Å². The van der Waals surface area contributed by atoms with Gasteiger partial charge in [0.1, 0.15) is 0 Å². The lowest BCUT2D eigenvalue weighted by Gasteiger charge is -2.32. The lowest BCUT2D eigenvalue weighted by atomic mass is 9.79. The SMILES string of the molecule is CCCNCc1ccc(B2OC(C)(C)C(C)(C)O2)cc1. The van der Waals surface area contributed by atoms with Crippen LogP contribution in [-0.2, 0) is 15.9 Å². The summed E-state index contributed by atoms with van der Waals surface area (Å²) in [5.74, 6) is 0. The monoisotopic (exact) mass is 275 g/mol. The highest BCUT2D eigenvalue weighted by atomic mass is 16.7. The molecule has 4 heteroatoms. The Labute approximate surface area is 123 Å². The van der Waals surface area contributed by atoms with Crippen LogP contribution in [0.25, 0.3) is 0 Å². The van der Waals surface area contributed by atoms with Crippen LogP contribution in [0.2, 0.25) is 0 Å². The zero-order valence-electron chi connectivity index (χ0n) is 13.3. The van der Waals surface area contributed by atoms with Crippen LogP contribution in [0.4, 0.5) is 0 Å². The highest BCUT2D eigenvalue weighted by molar-refractivity contribution is 6.62. The van der Waals surface area contributed by atoms with Gasteiger partial charge in [-0.15, -0.1) is 0 Å². The van der Waals surface area contributed by atoms with Gasteiger partial charge in [-0.25, -0.2) is 0 Å². The molecule has 1 aliphatic heterocycles. The largest absolute Gasteiger partial charge is 0.494 e. The summed E-state index contributed by atoms with van der Waals surface area (Å²) in [6, 6.07) is 8.49. The smallest absolute Gasteiger partial charge is 0.399 e. The van der Waals surface area contributed by atoms with Gasteiger partial charge in [-0.05, 0) is 51.7 Å².